The lowest BCUT2D eigenvalue weighted by atomic mass is 10.1. The van der Waals surface area contributed by atoms with E-state index in [1.807, 2.05) is 0 Å². The second-order valence-electron chi connectivity index (χ2n) is 6.66. The molecular weight excluding hydrogens is 326 g/mol. The van der Waals surface area contributed by atoms with Crippen LogP contribution in [0.3, 0.4) is 0 Å². The van der Waals surface area contributed by atoms with Gasteiger partial charge in [0.2, 0.25) is 0 Å². The average molecular weight is 364 g/mol. The summed E-state index contributed by atoms with van der Waals surface area (Å²) in [6, 6.07) is 3.38. The Morgan fingerprint density at radius 1 is 1.04 bits per heavy atom. The lowest BCUT2D eigenvalue weighted by molar-refractivity contribution is -0.00796. The molecule has 0 amide bonds. The van der Waals surface area contributed by atoms with Crippen molar-refractivity contribution in [2.75, 3.05) is 32.3 Å². The van der Waals surface area contributed by atoms with Crippen LogP contribution < -0.4 is 0 Å². The van der Waals surface area contributed by atoms with Gasteiger partial charge in [0.1, 0.15) is 15.8 Å². The zero-order chi connectivity index (χ0) is 16.8. The monoisotopic (exact) mass is 363 g/mol. The predicted molar refractivity (Wildman–Crippen MR) is 103 cm³/mol. The molecule has 1 saturated heterocycles. The zero-order valence-corrected chi connectivity index (χ0v) is 16.7. The Morgan fingerprint density at radius 3 is 2.61 bits per heavy atom. The molecular formula is C17H37NO3SSi. The standard InChI is InChI=1S/C17H37NO3SSi/c19-11-5-3-8-17(9-12-21-16-20)18-10-4-1-2-6-14-23(18)15-7-13-22/h17,19-20,22-23H,1-16H2. The van der Waals surface area contributed by atoms with E-state index in [0.717, 1.165) is 31.4 Å². The maximum Gasteiger partial charge on any atom is 0.143 e. The molecule has 0 aliphatic carbocycles. The van der Waals surface area contributed by atoms with Gasteiger partial charge in [-0.15, -0.1) is 0 Å². The molecule has 1 aliphatic heterocycles. The molecule has 2 unspecified atom stereocenters. The smallest absolute Gasteiger partial charge is 0.143 e. The van der Waals surface area contributed by atoms with Crippen LogP contribution in [-0.2, 0) is 4.74 Å². The molecule has 0 saturated carbocycles. The highest BCUT2D eigenvalue weighted by molar-refractivity contribution is 7.80. The summed E-state index contributed by atoms with van der Waals surface area (Å²) >= 11 is 4.42. The van der Waals surface area contributed by atoms with Crippen molar-refractivity contribution in [3.8, 4) is 0 Å². The van der Waals surface area contributed by atoms with E-state index in [1.165, 1.54) is 50.7 Å². The van der Waals surface area contributed by atoms with Crippen LogP contribution in [0.4, 0.5) is 0 Å². The number of nitrogens with zero attached hydrogens (tertiary/aromatic N) is 1. The molecule has 138 valence electrons. The van der Waals surface area contributed by atoms with Gasteiger partial charge >= 0.3 is 0 Å². The van der Waals surface area contributed by atoms with Crippen molar-refractivity contribution in [3.63, 3.8) is 0 Å². The summed E-state index contributed by atoms with van der Waals surface area (Å²) in [6.45, 7) is 2.00. The van der Waals surface area contributed by atoms with Gasteiger partial charge in [-0.05, 0) is 62.9 Å². The van der Waals surface area contributed by atoms with E-state index in [2.05, 4.69) is 17.2 Å². The third kappa shape index (κ3) is 9.46. The SMILES string of the molecule is OCCCCC(CCOCO)N1CCCCCC[SiH]1CCCS. The Balaban J connectivity index is 2.66. The Bertz CT molecular complexity index is 262. The van der Waals surface area contributed by atoms with Gasteiger partial charge in [-0.25, -0.2) is 0 Å². The second-order valence-corrected chi connectivity index (χ2v) is 10.2. The van der Waals surface area contributed by atoms with Gasteiger partial charge in [0.15, 0.2) is 0 Å². The van der Waals surface area contributed by atoms with Gasteiger partial charge in [-0.2, -0.15) is 12.6 Å². The predicted octanol–water partition coefficient (Wildman–Crippen LogP) is 2.79. The largest absolute Gasteiger partial charge is 0.396 e. The first-order valence-corrected chi connectivity index (χ1v) is 12.3. The van der Waals surface area contributed by atoms with Gasteiger partial charge in [0, 0.05) is 12.6 Å². The molecule has 0 bridgehead atoms. The lowest BCUT2D eigenvalue weighted by Crippen LogP contribution is -2.48. The minimum atomic E-state index is -0.890. The third-order valence-corrected chi connectivity index (χ3v) is 9.05. The van der Waals surface area contributed by atoms with Gasteiger partial charge in [0.05, 0.1) is 6.61 Å². The summed E-state index contributed by atoms with van der Waals surface area (Å²) in [6.07, 6.45) is 10.9. The van der Waals surface area contributed by atoms with Crippen molar-refractivity contribution < 1.29 is 14.9 Å². The molecule has 4 nitrogen and oxygen atoms in total. The molecule has 23 heavy (non-hydrogen) atoms. The van der Waals surface area contributed by atoms with E-state index in [4.69, 9.17) is 14.9 Å². The molecule has 6 heteroatoms. The molecule has 0 aromatic rings. The number of hydrogen-bond acceptors (Lipinski definition) is 5. The van der Waals surface area contributed by atoms with Crippen molar-refractivity contribution in [1.82, 2.24) is 4.57 Å². The van der Waals surface area contributed by atoms with E-state index in [0.29, 0.717) is 19.3 Å². The van der Waals surface area contributed by atoms with E-state index in [9.17, 15) is 0 Å². The first-order valence-electron chi connectivity index (χ1n) is 9.49. The first kappa shape index (κ1) is 21.4. The Hall–Kier alpha value is 0.407. The van der Waals surface area contributed by atoms with Gasteiger partial charge in [-0.3, -0.25) is 0 Å². The summed E-state index contributed by atoms with van der Waals surface area (Å²) in [4.78, 5) is 0. The van der Waals surface area contributed by atoms with Crippen molar-refractivity contribution in [1.29, 1.82) is 0 Å². The van der Waals surface area contributed by atoms with Crippen molar-refractivity contribution in [3.05, 3.63) is 0 Å². The fourth-order valence-corrected chi connectivity index (χ4v) is 8.10. The molecule has 0 aromatic heterocycles. The maximum atomic E-state index is 9.08. The fourth-order valence-electron chi connectivity index (χ4n) is 3.75. The quantitative estimate of drug-likeness (QED) is 0.216. The van der Waals surface area contributed by atoms with Crippen LogP contribution in [0.15, 0.2) is 0 Å². The highest BCUT2D eigenvalue weighted by atomic mass is 32.1. The van der Waals surface area contributed by atoms with Crippen LogP contribution in [0, 0.1) is 0 Å². The number of aliphatic hydroxyl groups is 2. The molecule has 0 radical (unpaired) electrons. The van der Waals surface area contributed by atoms with Crippen LogP contribution in [-0.4, -0.2) is 62.1 Å². The van der Waals surface area contributed by atoms with Crippen molar-refractivity contribution in [2.24, 2.45) is 0 Å². The minimum Gasteiger partial charge on any atom is -0.396 e. The van der Waals surface area contributed by atoms with Crippen LogP contribution in [0.25, 0.3) is 0 Å². The van der Waals surface area contributed by atoms with Gasteiger partial charge in [0.25, 0.3) is 0 Å². The van der Waals surface area contributed by atoms with E-state index >= 15 is 0 Å². The number of thiol groups is 1. The summed E-state index contributed by atoms with van der Waals surface area (Å²) in [5.41, 5.74) is 0. The molecule has 1 fully saturated rings. The minimum absolute atomic E-state index is 0.177. The van der Waals surface area contributed by atoms with E-state index in [-0.39, 0.29) is 6.79 Å². The van der Waals surface area contributed by atoms with E-state index < -0.39 is 8.96 Å². The van der Waals surface area contributed by atoms with Crippen LogP contribution in [0.2, 0.25) is 12.1 Å². The number of ether oxygens (including phenoxy) is 1. The third-order valence-electron chi connectivity index (χ3n) is 4.97. The fraction of sp³-hybridized carbons (Fsp3) is 1.00. The van der Waals surface area contributed by atoms with Crippen LogP contribution in [0.5, 0.6) is 0 Å². The Kier molecular flexibility index (Phi) is 13.7. The Labute approximate surface area is 149 Å². The van der Waals surface area contributed by atoms with E-state index in [1.54, 1.807) is 0 Å². The number of rotatable bonds is 12. The molecule has 1 heterocycles. The molecule has 0 aromatic carbocycles. The normalized spacial score (nSPS) is 21.8. The van der Waals surface area contributed by atoms with Crippen molar-refractivity contribution >= 4 is 21.6 Å². The number of hydrogen-bond donors (Lipinski definition) is 3. The molecule has 2 N–H and O–H groups in total. The molecule has 1 rings (SSSR count). The summed E-state index contributed by atoms with van der Waals surface area (Å²) < 4.78 is 8.08. The van der Waals surface area contributed by atoms with Crippen molar-refractivity contribution in [2.45, 2.75) is 75.9 Å². The molecule has 1 aliphatic rings. The maximum absolute atomic E-state index is 9.08. The first-order chi connectivity index (χ1) is 11.3. The topological polar surface area (TPSA) is 52.9 Å². The second kappa shape index (κ2) is 14.7. The van der Waals surface area contributed by atoms with Gasteiger partial charge in [-0.1, -0.05) is 19.3 Å². The summed E-state index contributed by atoms with van der Waals surface area (Å²) in [5, 5.41) is 18.0. The molecule has 2 atom stereocenters. The number of aliphatic hydroxyl groups excluding tert-OH is 2. The lowest BCUT2D eigenvalue weighted by Gasteiger charge is -2.39. The highest BCUT2D eigenvalue weighted by Crippen LogP contribution is 2.24. The summed E-state index contributed by atoms with van der Waals surface area (Å²) in [7, 11) is -0.890. The number of unbranched alkanes of at least 4 members (excludes halogenated alkanes) is 1. The summed E-state index contributed by atoms with van der Waals surface area (Å²) in [5.74, 6) is 1.00. The molecule has 0 spiro atoms. The average Bonchev–Trinajstić information content (AvgIpc) is 2.53. The highest BCUT2D eigenvalue weighted by Gasteiger charge is 2.27. The van der Waals surface area contributed by atoms with Gasteiger partial charge < -0.3 is 19.5 Å². The Morgan fingerprint density at radius 2 is 1.87 bits per heavy atom. The van der Waals surface area contributed by atoms with Crippen LogP contribution >= 0.6 is 12.6 Å². The zero-order valence-electron chi connectivity index (χ0n) is 14.7. The van der Waals surface area contributed by atoms with Crippen LogP contribution in [0.1, 0.15) is 57.8 Å².